The molecule has 1 amide bonds. The molecule has 0 spiro atoms. The summed E-state index contributed by atoms with van der Waals surface area (Å²) < 4.78 is 0. The van der Waals surface area contributed by atoms with Gasteiger partial charge in [0.1, 0.15) is 0 Å². The third-order valence-electron chi connectivity index (χ3n) is 3.25. The van der Waals surface area contributed by atoms with E-state index in [1.165, 1.54) is 22.9 Å². The first-order chi connectivity index (χ1) is 9.60. The van der Waals surface area contributed by atoms with Crippen molar-refractivity contribution < 1.29 is 4.79 Å². The summed E-state index contributed by atoms with van der Waals surface area (Å²) in [6, 6.07) is 16.9. The summed E-state index contributed by atoms with van der Waals surface area (Å²) in [5, 5.41) is 2.89. The predicted octanol–water partition coefficient (Wildman–Crippen LogP) is 4.27. The van der Waals surface area contributed by atoms with Crippen LogP contribution in [-0.2, 0) is 4.79 Å². The van der Waals surface area contributed by atoms with Crippen LogP contribution in [0.3, 0.4) is 0 Å². The Balaban J connectivity index is 2.16. The quantitative estimate of drug-likeness (QED) is 0.850. The normalized spacial score (nSPS) is 11.9. The van der Waals surface area contributed by atoms with E-state index in [9.17, 15) is 4.79 Å². The summed E-state index contributed by atoms with van der Waals surface area (Å²) >= 11 is 1.74. The lowest BCUT2D eigenvalue weighted by molar-refractivity contribution is -0.119. The van der Waals surface area contributed by atoms with Crippen LogP contribution in [0.4, 0.5) is 0 Å². The summed E-state index contributed by atoms with van der Waals surface area (Å²) in [7, 11) is 0. The lowest BCUT2D eigenvalue weighted by Crippen LogP contribution is -2.23. The van der Waals surface area contributed by atoms with Crippen LogP contribution in [0.5, 0.6) is 0 Å². The second-order valence-electron chi connectivity index (χ2n) is 4.77. The zero-order valence-corrected chi connectivity index (χ0v) is 12.8. The highest BCUT2D eigenvalue weighted by molar-refractivity contribution is 7.98. The van der Waals surface area contributed by atoms with E-state index in [2.05, 4.69) is 60.1 Å². The van der Waals surface area contributed by atoms with Crippen molar-refractivity contribution in [3.63, 3.8) is 0 Å². The molecule has 20 heavy (non-hydrogen) atoms. The molecule has 0 radical (unpaired) electrons. The average molecular weight is 285 g/mol. The fourth-order valence-corrected chi connectivity index (χ4v) is 2.54. The molecule has 0 aliphatic carbocycles. The number of nitrogens with one attached hydrogen (secondary N) is 1. The zero-order chi connectivity index (χ0) is 14.5. The van der Waals surface area contributed by atoms with Gasteiger partial charge in [-0.2, -0.15) is 0 Å². The standard InChI is InChI=1S/C17H19NOS/c1-12(18-13(2)19)14-4-6-15(7-5-14)16-8-10-17(20-3)11-9-16/h4-12H,1-3H3,(H,18,19). The van der Waals surface area contributed by atoms with Gasteiger partial charge in [-0.15, -0.1) is 11.8 Å². The van der Waals surface area contributed by atoms with E-state index in [0.717, 1.165) is 5.56 Å². The summed E-state index contributed by atoms with van der Waals surface area (Å²) in [4.78, 5) is 12.3. The Morgan fingerprint density at radius 1 is 1.00 bits per heavy atom. The average Bonchev–Trinajstić information content (AvgIpc) is 2.47. The predicted molar refractivity (Wildman–Crippen MR) is 85.9 cm³/mol. The van der Waals surface area contributed by atoms with Crippen LogP contribution < -0.4 is 5.32 Å². The molecule has 2 rings (SSSR count). The molecule has 0 aliphatic heterocycles. The van der Waals surface area contributed by atoms with Crippen molar-refractivity contribution in [2.75, 3.05) is 6.26 Å². The lowest BCUT2D eigenvalue weighted by atomic mass is 10.0. The van der Waals surface area contributed by atoms with Gasteiger partial charge in [-0.3, -0.25) is 4.79 Å². The molecule has 2 aromatic carbocycles. The molecular formula is C17H19NOS. The van der Waals surface area contributed by atoms with Gasteiger partial charge in [0.05, 0.1) is 6.04 Å². The second kappa shape index (κ2) is 6.62. The maximum absolute atomic E-state index is 11.1. The van der Waals surface area contributed by atoms with Crippen molar-refractivity contribution >= 4 is 17.7 Å². The van der Waals surface area contributed by atoms with E-state index in [1.54, 1.807) is 11.8 Å². The third kappa shape index (κ3) is 3.64. The zero-order valence-electron chi connectivity index (χ0n) is 12.0. The fourth-order valence-electron chi connectivity index (χ4n) is 2.14. The number of hydrogen-bond donors (Lipinski definition) is 1. The maximum Gasteiger partial charge on any atom is 0.217 e. The monoisotopic (exact) mass is 285 g/mol. The summed E-state index contributed by atoms with van der Waals surface area (Å²) in [6.07, 6.45) is 2.08. The summed E-state index contributed by atoms with van der Waals surface area (Å²) in [5.74, 6) is -0.00534. The molecule has 0 bridgehead atoms. The second-order valence-corrected chi connectivity index (χ2v) is 5.65. The number of rotatable bonds is 4. The first-order valence-electron chi connectivity index (χ1n) is 6.61. The van der Waals surface area contributed by atoms with E-state index in [1.807, 2.05) is 6.92 Å². The van der Waals surface area contributed by atoms with Gasteiger partial charge < -0.3 is 5.32 Å². The summed E-state index contributed by atoms with van der Waals surface area (Å²) in [5.41, 5.74) is 3.52. The minimum Gasteiger partial charge on any atom is -0.350 e. The SMILES string of the molecule is CSc1ccc(-c2ccc(C(C)NC(C)=O)cc2)cc1. The minimum absolute atomic E-state index is 0.00534. The molecule has 1 atom stereocenters. The number of hydrogen-bond acceptors (Lipinski definition) is 2. The Kier molecular flexibility index (Phi) is 4.85. The molecule has 0 aromatic heterocycles. The Bertz CT molecular complexity index is 575. The number of amides is 1. The highest BCUT2D eigenvalue weighted by atomic mass is 32.2. The number of thioether (sulfide) groups is 1. The van der Waals surface area contributed by atoms with Gasteiger partial charge in [0.25, 0.3) is 0 Å². The van der Waals surface area contributed by atoms with Crippen LogP contribution in [0.1, 0.15) is 25.5 Å². The van der Waals surface area contributed by atoms with E-state index >= 15 is 0 Å². The van der Waals surface area contributed by atoms with Crippen molar-refractivity contribution in [3.05, 3.63) is 54.1 Å². The van der Waals surface area contributed by atoms with Gasteiger partial charge >= 0.3 is 0 Å². The first-order valence-corrected chi connectivity index (χ1v) is 7.84. The molecule has 0 heterocycles. The molecule has 2 aromatic rings. The Hall–Kier alpha value is -1.74. The first kappa shape index (κ1) is 14.7. The van der Waals surface area contributed by atoms with Gasteiger partial charge in [0, 0.05) is 11.8 Å². The highest BCUT2D eigenvalue weighted by Gasteiger charge is 2.06. The molecule has 0 saturated carbocycles. The van der Waals surface area contributed by atoms with Crippen molar-refractivity contribution in [2.24, 2.45) is 0 Å². The molecular weight excluding hydrogens is 266 g/mol. The fraction of sp³-hybridized carbons (Fsp3) is 0.235. The molecule has 2 nitrogen and oxygen atoms in total. The van der Waals surface area contributed by atoms with Crippen LogP contribution >= 0.6 is 11.8 Å². The van der Waals surface area contributed by atoms with Crippen LogP contribution in [0.15, 0.2) is 53.4 Å². The van der Waals surface area contributed by atoms with Crippen LogP contribution in [-0.4, -0.2) is 12.2 Å². The van der Waals surface area contributed by atoms with E-state index in [4.69, 9.17) is 0 Å². The number of carbonyl (C=O) groups excluding carboxylic acids is 1. The smallest absolute Gasteiger partial charge is 0.217 e. The Morgan fingerprint density at radius 2 is 1.50 bits per heavy atom. The molecule has 104 valence electrons. The van der Waals surface area contributed by atoms with E-state index < -0.39 is 0 Å². The van der Waals surface area contributed by atoms with E-state index in [0.29, 0.717) is 0 Å². The molecule has 1 N–H and O–H groups in total. The van der Waals surface area contributed by atoms with E-state index in [-0.39, 0.29) is 11.9 Å². The van der Waals surface area contributed by atoms with Crippen molar-refractivity contribution in [2.45, 2.75) is 24.8 Å². The minimum atomic E-state index is -0.00534. The lowest BCUT2D eigenvalue weighted by Gasteiger charge is -2.13. The van der Waals surface area contributed by atoms with Crippen LogP contribution in [0, 0.1) is 0 Å². The maximum atomic E-state index is 11.1. The Morgan fingerprint density at radius 3 is 1.95 bits per heavy atom. The molecule has 3 heteroatoms. The molecule has 0 saturated heterocycles. The third-order valence-corrected chi connectivity index (χ3v) is 4.00. The van der Waals surface area contributed by atoms with Crippen LogP contribution in [0.2, 0.25) is 0 Å². The molecule has 0 aliphatic rings. The van der Waals surface area contributed by atoms with Gasteiger partial charge in [-0.1, -0.05) is 36.4 Å². The van der Waals surface area contributed by atoms with Crippen LogP contribution in [0.25, 0.3) is 11.1 Å². The van der Waals surface area contributed by atoms with Gasteiger partial charge in [-0.25, -0.2) is 0 Å². The van der Waals surface area contributed by atoms with Crippen molar-refractivity contribution in [3.8, 4) is 11.1 Å². The van der Waals surface area contributed by atoms with Gasteiger partial charge in [-0.05, 0) is 42.0 Å². The largest absolute Gasteiger partial charge is 0.350 e. The van der Waals surface area contributed by atoms with Crippen molar-refractivity contribution in [1.82, 2.24) is 5.32 Å². The Labute approximate surface area is 124 Å². The van der Waals surface area contributed by atoms with Gasteiger partial charge in [0.2, 0.25) is 5.91 Å². The molecule has 0 fully saturated rings. The van der Waals surface area contributed by atoms with Crippen molar-refractivity contribution in [1.29, 1.82) is 0 Å². The highest BCUT2D eigenvalue weighted by Crippen LogP contribution is 2.24. The molecule has 1 unspecified atom stereocenters. The summed E-state index contributed by atoms with van der Waals surface area (Å²) in [6.45, 7) is 3.53. The number of carbonyl (C=O) groups is 1. The number of benzene rings is 2. The topological polar surface area (TPSA) is 29.1 Å². The van der Waals surface area contributed by atoms with Gasteiger partial charge in [0.15, 0.2) is 0 Å².